The lowest BCUT2D eigenvalue weighted by Crippen LogP contribution is -2.42. The molecule has 0 aliphatic heterocycles. The van der Waals surface area contributed by atoms with Crippen LogP contribution in [0.1, 0.15) is 19.0 Å². The Kier molecular flexibility index (Phi) is 3.52. The molecule has 0 spiro atoms. The second kappa shape index (κ2) is 4.37. The van der Waals surface area contributed by atoms with Crippen LogP contribution in [0.25, 0.3) is 0 Å². The third-order valence-corrected chi connectivity index (χ3v) is 2.35. The van der Waals surface area contributed by atoms with Gasteiger partial charge in [0.2, 0.25) is 5.82 Å². The van der Waals surface area contributed by atoms with Gasteiger partial charge >= 0.3 is 6.18 Å². The summed E-state index contributed by atoms with van der Waals surface area (Å²) < 4.78 is 37.7. The minimum absolute atomic E-state index is 0.322. The van der Waals surface area contributed by atoms with Crippen LogP contribution in [0.3, 0.4) is 0 Å². The Morgan fingerprint density at radius 2 is 1.88 bits per heavy atom. The largest absolute Gasteiger partial charge is 0.433 e. The summed E-state index contributed by atoms with van der Waals surface area (Å²) in [6.45, 7) is 2.71. The van der Waals surface area contributed by atoms with E-state index in [1.165, 1.54) is 0 Å². The zero-order valence-electron chi connectivity index (χ0n) is 9.54. The Bertz CT molecular complexity index is 361. The second-order valence-corrected chi connectivity index (χ2v) is 4.17. The molecule has 16 heavy (non-hydrogen) atoms. The average molecular weight is 234 g/mol. The number of aromatic nitrogens is 2. The highest BCUT2D eigenvalue weighted by atomic mass is 19.4. The molecule has 0 aliphatic carbocycles. The molecule has 0 bridgehead atoms. The Morgan fingerprint density at radius 1 is 1.25 bits per heavy atom. The van der Waals surface area contributed by atoms with Gasteiger partial charge in [-0.2, -0.15) is 18.2 Å². The zero-order valence-corrected chi connectivity index (χ0v) is 9.54. The highest BCUT2D eigenvalue weighted by Crippen LogP contribution is 2.29. The van der Waals surface area contributed by atoms with Crippen LogP contribution >= 0.6 is 0 Å². The first kappa shape index (κ1) is 12.9. The quantitative estimate of drug-likeness (QED) is 0.751. The number of rotatable bonds is 3. The lowest BCUT2D eigenvalue weighted by molar-refractivity contribution is -0.141. The predicted molar refractivity (Wildman–Crippen MR) is 55.8 cm³/mol. The van der Waals surface area contributed by atoms with Crippen LogP contribution in [0.5, 0.6) is 0 Å². The van der Waals surface area contributed by atoms with Crippen LogP contribution in [-0.2, 0) is 6.18 Å². The number of hydrogen-bond acceptors (Lipinski definition) is 2. The molecule has 0 aromatic carbocycles. The van der Waals surface area contributed by atoms with Crippen LogP contribution in [0, 0.1) is 0 Å². The molecule has 0 saturated heterocycles. The van der Waals surface area contributed by atoms with Crippen LogP contribution in [0.2, 0.25) is 0 Å². The zero-order chi connectivity index (χ0) is 12.4. The molecule has 0 saturated carbocycles. The van der Waals surface area contributed by atoms with E-state index in [-0.39, 0.29) is 0 Å². The number of nitrogens with zero attached hydrogens (tertiary/aromatic N) is 3. The van der Waals surface area contributed by atoms with E-state index in [9.17, 15) is 13.2 Å². The summed E-state index contributed by atoms with van der Waals surface area (Å²) in [6, 6.07) is 1.01. The van der Waals surface area contributed by atoms with Gasteiger partial charge in [-0.15, -0.1) is 0 Å². The SMILES string of the molecule is CCC[N+](C)(C)c1cc(C(F)(F)F)ncn1. The third-order valence-electron chi connectivity index (χ3n) is 2.35. The summed E-state index contributed by atoms with van der Waals surface area (Å²) in [5.41, 5.74) is -0.889. The number of hydrogen-bond donors (Lipinski definition) is 0. The number of halogens is 3. The molecule has 0 fully saturated rings. The molecule has 1 heterocycles. The van der Waals surface area contributed by atoms with Crippen molar-refractivity contribution in [1.82, 2.24) is 14.5 Å². The van der Waals surface area contributed by atoms with Crippen LogP contribution < -0.4 is 4.48 Å². The van der Waals surface area contributed by atoms with E-state index in [0.29, 0.717) is 10.3 Å². The fourth-order valence-corrected chi connectivity index (χ4v) is 1.51. The van der Waals surface area contributed by atoms with Gasteiger partial charge in [0.15, 0.2) is 5.69 Å². The lowest BCUT2D eigenvalue weighted by atomic mass is 10.3. The van der Waals surface area contributed by atoms with Gasteiger partial charge in [-0.25, -0.2) is 4.98 Å². The summed E-state index contributed by atoms with van der Waals surface area (Å²) in [5.74, 6) is 0.379. The Morgan fingerprint density at radius 3 is 2.38 bits per heavy atom. The molecular formula is C10H15F3N3+. The average Bonchev–Trinajstić information content (AvgIpc) is 2.16. The van der Waals surface area contributed by atoms with E-state index >= 15 is 0 Å². The molecule has 0 radical (unpaired) electrons. The molecule has 0 aliphatic rings. The van der Waals surface area contributed by atoms with E-state index in [4.69, 9.17) is 0 Å². The van der Waals surface area contributed by atoms with Crippen LogP contribution in [-0.4, -0.2) is 30.6 Å². The van der Waals surface area contributed by atoms with Gasteiger partial charge in [0.1, 0.15) is 6.33 Å². The normalized spacial score (nSPS) is 12.9. The van der Waals surface area contributed by atoms with E-state index in [0.717, 1.165) is 25.4 Å². The maximum Gasteiger partial charge on any atom is 0.433 e. The number of alkyl halides is 3. The molecule has 1 aromatic rings. The first-order chi connectivity index (χ1) is 7.27. The third kappa shape index (κ3) is 2.91. The molecule has 0 amide bonds. The topological polar surface area (TPSA) is 25.8 Å². The van der Waals surface area contributed by atoms with Crippen molar-refractivity contribution in [3.05, 3.63) is 18.1 Å². The summed E-state index contributed by atoms with van der Waals surface area (Å²) in [4.78, 5) is 7.14. The van der Waals surface area contributed by atoms with Crippen LogP contribution in [0.15, 0.2) is 12.4 Å². The molecule has 0 N–H and O–H groups in total. The first-order valence-corrected chi connectivity index (χ1v) is 5.00. The monoisotopic (exact) mass is 234 g/mol. The number of quaternary nitrogens is 1. The minimum atomic E-state index is -4.41. The van der Waals surface area contributed by atoms with Crippen molar-refractivity contribution >= 4 is 5.82 Å². The molecule has 0 unspecified atom stereocenters. The Balaban J connectivity index is 3.08. The molecule has 1 aromatic heterocycles. The standard InChI is InChI=1S/C10H15F3N3/c1-4-5-16(2,3)9-6-8(10(11,12)13)14-7-15-9/h6-7H,4-5H2,1-3H3/q+1. The van der Waals surface area contributed by atoms with Crippen molar-refractivity contribution < 1.29 is 13.2 Å². The summed E-state index contributed by atoms with van der Waals surface area (Å²) >= 11 is 0. The van der Waals surface area contributed by atoms with Gasteiger partial charge in [0, 0.05) is 0 Å². The van der Waals surface area contributed by atoms with Crippen LogP contribution in [0.4, 0.5) is 19.0 Å². The van der Waals surface area contributed by atoms with Crippen molar-refractivity contribution in [2.45, 2.75) is 19.5 Å². The van der Waals surface area contributed by atoms with Crippen molar-refractivity contribution in [2.24, 2.45) is 0 Å². The molecule has 3 nitrogen and oxygen atoms in total. The van der Waals surface area contributed by atoms with Crippen molar-refractivity contribution in [3.63, 3.8) is 0 Å². The predicted octanol–water partition coefficient (Wildman–Crippen LogP) is 2.47. The van der Waals surface area contributed by atoms with E-state index in [1.807, 2.05) is 21.0 Å². The van der Waals surface area contributed by atoms with Gasteiger partial charge in [0.05, 0.1) is 26.7 Å². The van der Waals surface area contributed by atoms with Crippen molar-refractivity contribution in [2.75, 3.05) is 20.6 Å². The molecule has 6 heteroatoms. The minimum Gasteiger partial charge on any atom is -0.279 e. The van der Waals surface area contributed by atoms with Gasteiger partial charge in [0.25, 0.3) is 0 Å². The highest BCUT2D eigenvalue weighted by Gasteiger charge is 2.34. The fraction of sp³-hybridized carbons (Fsp3) is 0.600. The molecular weight excluding hydrogens is 219 g/mol. The van der Waals surface area contributed by atoms with E-state index < -0.39 is 11.9 Å². The van der Waals surface area contributed by atoms with Crippen molar-refractivity contribution in [3.8, 4) is 0 Å². The second-order valence-electron chi connectivity index (χ2n) is 4.17. The maximum atomic E-state index is 12.4. The Hall–Kier alpha value is -1.17. The summed E-state index contributed by atoms with van der Waals surface area (Å²) in [5, 5.41) is 0. The summed E-state index contributed by atoms with van der Waals surface area (Å²) in [6.07, 6.45) is -2.57. The highest BCUT2D eigenvalue weighted by molar-refractivity contribution is 5.34. The molecule has 90 valence electrons. The van der Waals surface area contributed by atoms with Gasteiger partial charge in [-0.3, -0.25) is 4.48 Å². The molecule has 1 rings (SSSR count). The summed E-state index contributed by atoms with van der Waals surface area (Å²) in [7, 11) is 3.65. The maximum absolute atomic E-state index is 12.4. The fourth-order valence-electron chi connectivity index (χ4n) is 1.51. The molecule has 0 atom stereocenters. The van der Waals surface area contributed by atoms with Gasteiger partial charge in [-0.05, 0) is 6.42 Å². The van der Waals surface area contributed by atoms with Crippen molar-refractivity contribution in [1.29, 1.82) is 0 Å². The van der Waals surface area contributed by atoms with E-state index in [2.05, 4.69) is 9.97 Å². The van der Waals surface area contributed by atoms with Gasteiger partial charge < -0.3 is 0 Å². The van der Waals surface area contributed by atoms with E-state index in [1.54, 1.807) is 0 Å². The first-order valence-electron chi connectivity index (χ1n) is 5.00. The van der Waals surface area contributed by atoms with Gasteiger partial charge in [-0.1, -0.05) is 6.92 Å². The lowest BCUT2D eigenvalue weighted by Gasteiger charge is -2.27. The Labute approximate surface area is 92.5 Å². The smallest absolute Gasteiger partial charge is 0.279 e.